The van der Waals surface area contributed by atoms with Crippen LogP contribution in [-0.4, -0.2) is 68.5 Å². The third-order valence-corrected chi connectivity index (χ3v) is 7.27. The van der Waals surface area contributed by atoms with Gasteiger partial charge in [-0.3, -0.25) is 0 Å². The molecule has 2 aliphatic heterocycles. The van der Waals surface area contributed by atoms with E-state index in [4.69, 9.17) is 4.74 Å². The number of aryl methyl sites for hydroxylation is 2. The van der Waals surface area contributed by atoms with E-state index in [0.717, 1.165) is 32.2 Å². The fourth-order valence-electron chi connectivity index (χ4n) is 3.73. The molecule has 3 rings (SSSR count). The number of rotatable bonds is 4. The topological polar surface area (TPSA) is 62.7 Å². The Bertz CT molecular complexity index is 761. The Morgan fingerprint density at radius 2 is 1.89 bits per heavy atom. The van der Waals surface area contributed by atoms with Crippen LogP contribution in [-0.2, 0) is 20.9 Å². The predicted octanol–water partition coefficient (Wildman–Crippen LogP) is 2.06. The van der Waals surface area contributed by atoms with Crippen LogP contribution in [0.4, 0.5) is 13.2 Å². The number of alkyl halides is 3. The first-order valence-corrected chi connectivity index (χ1v) is 10.4. The summed E-state index contributed by atoms with van der Waals surface area (Å²) in [6.07, 6.45) is -3.58. The van der Waals surface area contributed by atoms with Gasteiger partial charge in [0.15, 0.2) is 0 Å². The zero-order valence-electron chi connectivity index (χ0n) is 15.4. The minimum atomic E-state index is -4.60. The van der Waals surface area contributed by atoms with E-state index in [0.29, 0.717) is 32.1 Å². The van der Waals surface area contributed by atoms with Crippen molar-refractivity contribution in [2.75, 3.05) is 45.9 Å². The smallest absolute Gasteiger partial charge is 0.381 e. The first-order chi connectivity index (χ1) is 12.6. The van der Waals surface area contributed by atoms with Crippen molar-refractivity contribution < 1.29 is 26.3 Å². The highest BCUT2D eigenvalue weighted by Gasteiger charge is 2.37. The number of pyridine rings is 1. The molecule has 2 fully saturated rings. The third-order valence-electron chi connectivity index (χ3n) is 5.09. The molecule has 27 heavy (non-hydrogen) atoms. The largest absolute Gasteiger partial charge is 0.433 e. The Labute approximate surface area is 157 Å². The molecule has 0 aliphatic carbocycles. The number of ether oxygens (including phenoxy) is 1. The fraction of sp³-hybridized carbons (Fsp3) is 0.706. The van der Waals surface area contributed by atoms with E-state index in [1.165, 1.54) is 18.2 Å². The second-order valence-electron chi connectivity index (χ2n) is 7.17. The van der Waals surface area contributed by atoms with E-state index in [1.54, 1.807) is 0 Å². The maximum atomic E-state index is 13.0. The summed E-state index contributed by atoms with van der Waals surface area (Å²) in [7, 11) is -3.88. The normalized spacial score (nSPS) is 23.1. The molecule has 1 atom stereocenters. The molecule has 0 bridgehead atoms. The van der Waals surface area contributed by atoms with Gasteiger partial charge in [-0.05, 0) is 37.8 Å². The standard InChI is InChI=1S/C17H24F3N3O3S/c1-12-9-15(17(18,19)20)21-13(2)16(12)27(24,25)23-6-4-22(5-7-23)10-14-3-8-26-11-14/h9,14H,3-8,10-11H2,1-2H3. The number of piperazine rings is 1. The summed E-state index contributed by atoms with van der Waals surface area (Å²) in [6.45, 7) is 6.93. The van der Waals surface area contributed by atoms with Gasteiger partial charge < -0.3 is 9.64 Å². The summed E-state index contributed by atoms with van der Waals surface area (Å²) in [5.41, 5.74) is -1.12. The van der Waals surface area contributed by atoms with Gasteiger partial charge in [0.05, 0.1) is 12.3 Å². The summed E-state index contributed by atoms with van der Waals surface area (Å²) >= 11 is 0. The second-order valence-corrected chi connectivity index (χ2v) is 9.05. The van der Waals surface area contributed by atoms with Crippen molar-refractivity contribution in [3.8, 4) is 0 Å². The average molecular weight is 407 g/mol. The van der Waals surface area contributed by atoms with Crippen molar-refractivity contribution in [2.24, 2.45) is 5.92 Å². The fourth-order valence-corrected chi connectivity index (χ4v) is 5.52. The Balaban J connectivity index is 1.73. The lowest BCUT2D eigenvalue weighted by atomic mass is 10.1. The molecule has 0 amide bonds. The highest BCUT2D eigenvalue weighted by Crippen LogP contribution is 2.32. The molecular formula is C17H24F3N3O3S. The van der Waals surface area contributed by atoms with Crippen LogP contribution in [0.5, 0.6) is 0 Å². The summed E-state index contributed by atoms with van der Waals surface area (Å²) in [6, 6.07) is 0.802. The Hall–Kier alpha value is -1.23. The van der Waals surface area contributed by atoms with Gasteiger partial charge in [-0.1, -0.05) is 0 Å². The SMILES string of the molecule is Cc1cc(C(F)(F)F)nc(C)c1S(=O)(=O)N1CCN(CC2CCOC2)CC1. The van der Waals surface area contributed by atoms with Crippen molar-refractivity contribution in [1.82, 2.24) is 14.2 Å². The number of halogens is 3. The molecule has 3 heterocycles. The average Bonchev–Trinajstić information content (AvgIpc) is 3.06. The first kappa shape index (κ1) is 20.5. The molecule has 0 spiro atoms. The molecule has 0 radical (unpaired) electrons. The van der Waals surface area contributed by atoms with Crippen LogP contribution in [0.1, 0.15) is 23.4 Å². The van der Waals surface area contributed by atoms with Gasteiger partial charge >= 0.3 is 6.18 Å². The van der Waals surface area contributed by atoms with E-state index in [2.05, 4.69) is 9.88 Å². The molecule has 2 aliphatic rings. The molecule has 10 heteroatoms. The minimum absolute atomic E-state index is 0.0698. The van der Waals surface area contributed by atoms with Crippen LogP contribution in [0.15, 0.2) is 11.0 Å². The monoisotopic (exact) mass is 407 g/mol. The summed E-state index contributed by atoms with van der Waals surface area (Å²) < 4.78 is 71.4. The van der Waals surface area contributed by atoms with Gasteiger partial charge in [0.2, 0.25) is 10.0 Å². The second kappa shape index (κ2) is 7.65. The van der Waals surface area contributed by atoms with Crippen LogP contribution in [0, 0.1) is 19.8 Å². The van der Waals surface area contributed by atoms with Crippen LogP contribution in [0.2, 0.25) is 0 Å². The van der Waals surface area contributed by atoms with Crippen LogP contribution >= 0.6 is 0 Å². The Morgan fingerprint density at radius 1 is 1.22 bits per heavy atom. The summed E-state index contributed by atoms with van der Waals surface area (Å²) in [5, 5.41) is 0. The van der Waals surface area contributed by atoms with Gasteiger partial charge in [0, 0.05) is 39.3 Å². The van der Waals surface area contributed by atoms with E-state index in [9.17, 15) is 21.6 Å². The third kappa shape index (κ3) is 4.44. The number of hydrogen-bond donors (Lipinski definition) is 0. The number of hydrogen-bond acceptors (Lipinski definition) is 5. The Morgan fingerprint density at radius 3 is 2.41 bits per heavy atom. The first-order valence-electron chi connectivity index (χ1n) is 8.94. The molecule has 1 aromatic heterocycles. The molecule has 0 saturated carbocycles. The number of nitrogens with zero attached hydrogens (tertiary/aromatic N) is 3. The predicted molar refractivity (Wildman–Crippen MR) is 92.8 cm³/mol. The summed E-state index contributed by atoms with van der Waals surface area (Å²) in [4.78, 5) is 5.60. The molecule has 6 nitrogen and oxygen atoms in total. The maximum absolute atomic E-state index is 13.0. The van der Waals surface area contributed by atoms with Gasteiger partial charge in [0.1, 0.15) is 10.6 Å². The molecule has 1 aromatic rings. The lowest BCUT2D eigenvalue weighted by molar-refractivity contribution is -0.141. The van der Waals surface area contributed by atoms with Crippen LogP contribution in [0.3, 0.4) is 0 Å². The van der Waals surface area contributed by atoms with E-state index in [-0.39, 0.29) is 16.2 Å². The summed E-state index contributed by atoms with van der Waals surface area (Å²) in [5.74, 6) is 0.483. The van der Waals surface area contributed by atoms with Crippen LogP contribution in [0.25, 0.3) is 0 Å². The molecule has 0 aromatic carbocycles. The molecule has 2 saturated heterocycles. The van der Waals surface area contributed by atoms with Gasteiger partial charge in [-0.2, -0.15) is 17.5 Å². The molecular weight excluding hydrogens is 383 g/mol. The molecule has 1 unspecified atom stereocenters. The highest BCUT2D eigenvalue weighted by atomic mass is 32.2. The van der Waals surface area contributed by atoms with Crippen molar-refractivity contribution in [3.05, 3.63) is 23.0 Å². The lowest BCUT2D eigenvalue weighted by Crippen LogP contribution is -2.50. The van der Waals surface area contributed by atoms with Gasteiger partial charge in [-0.25, -0.2) is 13.4 Å². The van der Waals surface area contributed by atoms with Crippen molar-refractivity contribution in [2.45, 2.75) is 31.3 Å². The van der Waals surface area contributed by atoms with Crippen molar-refractivity contribution in [1.29, 1.82) is 0 Å². The number of aromatic nitrogens is 1. The molecule has 152 valence electrons. The maximum Gasteiger partial charge on any atom is 0.433 e. The van der Waals surface area contributed by atoms with E-state index < -0.39 is 21.9 Å². The minimum Gasteiger partial charge on any atom is -0.381 e. The zero-order valence-corrected chi connectivity index (χ0v) is 16.2. The van der Waals surface area contributed by atoms with Crippen LogP contribution < -0.4 is 0 Å². The highest BCUT2D eigenvalue weighted by molar-refractivity contribution is 7.89. The molecule has 0 N–H and O–H groups in total. The Kier molecular flexibility index (Phi) is 5.81. The zero-order chi connectivity index (χ0) is 19.8. The van der Waals surface area contributed by atoms with E-state index >= 15 is 0 Å². The van der Waals surface area contributed by atoms with Crippen molar-refractivity contribution >= 4 is 10.0 Å². The number of sulfonamides is 1. The van der Waals surface area contributed by atoms with E-state index in [1.807, 2.05) is 0 Å². The van der Waals surface area contributed by atoms with Gasteiger partial charge in [0.25, 0.3) is 0 Å². The lowest BCUT2D eigenvalue weighted by Gasteiger charge is -2.35. The van der Waals surface area contributed by atoms with Gasteiger partial charge in [-0.15, -0.1) is 0 Å². The van der Waals surface area contributed by atoms with Crippen molar-refractivity contribution in [3.63, 3.8) is 0 Å². The quantitative estimate of drug-likeness (QED) is 0.765.